The second kappa shape index (κ2) is 6.73. The molecule has 1 aliphatic heterocycles. The van der Waals surface area contributed by atoms with Crippen LogP contribution in [-0.2, 0) is 0 Å². The number of carbonyl (C=O) groups excluding carboxylic acids is 1. The second-order valence-electron chi connectivity index (χ2n) is 5.65. The van der Waals surface area contributed by atoms with Gasteiger partial charge in [-0.2, -0.15) is 0 Å². The van der Waals surface area contributed by atoms with Crippen LogP contribution in [0, 0.1) is 23.6 Å². The van der Waals surface area contributed by atoms with Crippen molar-refractivity contribution in [2.24, 2.45) is 11.7 Å². The van der Waals surface area contributed by atoms with E-state index in [2.05, 4.69) is 25.7 Å². The summed E-state index contributed by atoms with van der Waals surface area (Å²) in [5.41, 5.74) is 5.95. The van der Waals surface area contributed by atoms with Crippen molar-refractivity contribution in [3.05, 3.63) is 35.1 Å². The van der Waals surface area contributed by atoms with Crippen LogP contribution in [0.2, 0.25) is 0 Å². The highest BCUT2D eigenvalue weighted by molar-refractivity contribution is 5.95. The Morgan fingerprint density at radius 2 is 2.29 bits per heavy atom. The maximum absolute atomic E-state index is 14.2. The van der Waals surface area contributed by atoms with E-state index in [-0.39, 0.29) is 24.1 Å². The quantitative estimate of drug-likeness (QED) is 0.849. The summed E-state index contributed by atoms with van der Waals surface area (Å²) >= 11 is 0. The van der Waals surface area contributed by atoms with Crippen molar-refractivity contribution in [2.75, 3.05) is 13.1 Å². The number of amides is 1. The Morgan fingerprint density at radius 3 is 2.90 bits per heavy atom. The molecule has 0 spiro atoms. The Bertz CT molecular complexity index is 586. The van der Waals surface area contributed by atoms with Crippen molar-refractivity contribution in [3.8, 4) is 11.8 Å². The van der Waals surface area contributed by atoms with Crippen LogP contribution in [-0.4, -0.2) is 29.9 Å². The normalized spacial score (nSPS) is 17.8. The number of rotatable bonds is 2. The Kier molecular flexibility index (Phi) is 4.98. The van der Waals surface area contributed by atoms with E-state index in [0.29, 0.717) is 18.0 Å². The predicted octanol–water partition coefficient (Wildman–Crippen LogP) is 2.40. The molecule has 2 rings (SSSR count). The zero-order valence-corrected chi connectivity index (χ0v) is 12.5. The van der Waals surface area contributed by atoms with Crippen LogP contribution >= 0.6 is 0 Å². The van der Waals surface area contributed by atoms with Crippen LogP contribution in [0.25, 0.3) is 0 Å². The summed E-state index contributed by atoms with van der Waals surface area (Å²) in [6.45, 7) is 5.12. The number of likely N-dealkylation sites (tertiary alicyclic amines) is 1. The molecular formula is C17H21FN2O. The van der Waals surface area contributed by atoms with Crippen molar-refractivity contribution in [1.82, 2.24) is 4.90 Å². The van der Waals surface area contributed by atoms with Crippen LogP contribution in [0.3, 0.4) is 0 Å². The molecule has 1 aromatic rings. The number of hydrogen-bond acceptors (Lipinski definition) is 2. The number of carbonyl (C=O) groups is 1. The highest BCUT2D eigenvalue weighted by atomic mass is 19.1. The van der Waals surface area contributed by atoms with Gasteiger partial charge in [0.05, 0.1) is 12.1 Å². The van der Waals surface area contributed by atoms with E-state index in [1.54, 1.807) is 11.0 Å². The Balaban J connectivity index is 2.23. The van der Waals surface area contributed by atoms with Gasteiger partial charge >= 0.3 is 0 Å². The standard InChI is InChI=1S/C17H21FN2O/c1-12(2)16-6-4-10-20(16)17(21)14-8-7-13(5-3-9-19)11-15(14)18/h7-8,11-12,16H,4,6,9-10,19H2,1-2H3. The van der Waals surface area contributed by atoms with Crippen LogP contribution in [0.5, 0.6) is 0 Å². The van der Waals surface area contributed by atoms with Crippen LogP contribution in [0.1, 0.15) is 42.6 Å². The largest absolute Gasteiger partial charge is 0.335 e. The lowest BCUT2D eigenvalue weighted by atomic mass is 10.0. The van der Waals surface area contributed by atoms with Gasteiger partial charge in [-0.1, -0.05) is 25.7 Å². The maximum atomic E-state index is 14.2. The molecule has 3 nitrogen and oxygen atoms in total. The van der Waals surface area contributed by atoms with E-state index in [0.717, 1.165) is 12.8 Å². The third-order valence-corrected chi connectivity index (χ3v) is 3.86. The van der Waals surface area contributed by atoms with E-state index >= 15 is 0 Å². The first-order valence-electron chi connectivity index (χ1n) is 7.34. The fourth-order valence-corrected chi connectivity index (χ4v) is 2.81. The topological polar surface area (TPSA) is 46.3 Å². The molecule has 1 amide bonds. The second-order valence-corrected chi connectivity index (χ2v) is 5.65. The zero-order valence-electron chi connectivity index (χ0n) is 12.5. The molecule has 4 heteroatoms. The van der Waals surface area contributed by atoms with Gasteiger partial charge in [-0.3, -0.25) is 4.79 Å². The average Bonchev–Trinajstić information content (AvgIpc) is 2.94. The first-order valence-corrected chi connectivity index (χ1v) is 7.34. The Labute approximate surface area is 125 Å². The average molecular weight is 288 g/mol. The van der Waals surface area contributed by atoms with Crippen molar-refractivity contribution in [3.63, 3.8) is 0 Å². The lowest BCUT2D eigenvalue weighted by molar-refractivity contribution is 0.0697. The molecule has 0 radical (unpaired) electrons. The smallest absolute Gasteiger partial charge is 0.257 e. The van der Waals surface area contributed by atoms with Crippen molar-refractivity contribution < 1.29 is 9.18 Å². The van der Waals surface area contributed by atoms with Gasteiger partial charge < -0.3 is 10.6 Å². The number of nitrogens with zero attached hydrogens (tertiary/aromatic N) is 1. The number of halogens is 1. The first kappa shape index (κ1) is 15.5. The molecule has 1 saturated heterocycles. The van der Waals surface area contributed by atoms with Gasteiger partial charge in [-0.15, -0.1) is 0 Å². The molecule has 1 atom stereocenters. The molecule has 1 aliphatic rings. The molecule has 21 heavy (non-hydrogen) atoms. The maximum Gasteiger partial charge on any atom is 0.257 e. The molecular weight excluding hydrogens is 267 g/mol. The van der Waals surface area contributed by atoms with Crippen molar-refractivity contribution in [1.29, 1.82) is 0 Å². The number of hydrogen-bond donors (Lipinski definition) is 1. The summed E-state index contributed by atoms with van der Waals surface area (Å²) in [5.74, 6) is 5.09. The zero-order chi connectivity index (χ0) is 15.4. The van der Waals surface area contributed by atoms with Crippen LogP contribution in [0.4, 0.5) is 4.39 Å². The molecule has 112 valence electrons. The minimum atomic E-state index is -0.516. The summed E-state index contributed by atoms with van der Waals surface area (Å²) in [5, 5.41) is 0. The minimum absolute atomic E-state index is 0.126. The molecule has 0 saturated carbocycles. The Hall–Kier alpha value is -1.86. The summed E-state index contributed by atoms with van der Waals surface area (Å²) in [7, 11) is 0. The SMILES string of the molecule is CC(C)C1CCCN1C(=O)c1ccc(C#CCN)cc1F. The van der Waals surface area contributed by atoms with Crippen molar-refractivity contribution in [2.45, 2.75) is 32.7 Å². The molecule has 0 aliphatic carbocycles. The molecule has 2 N–H and O–H groups in total. The molecule has 0 aromatic heterocycles. The van der Waals surface area contributed by atoms with E-state index in [4.69, 9.17) is 5.73 Å². The van der Waals surface area contributed by atoms with Gasteiger partial charge in [0.1, 0.15) is 5.82 Å². The fourth-order valence-electron chi connectivity index (χ4n) is 2.81. The summed E-state index contributed by atoms with van der Waals surface area (Å²) < 4.78 is 14.2. The number of nitrogens with two attached hydrogens (primary N) is 1. The van der Waals surface area contributed by atoms with E-state index in [1.807, 2.05) is 0 Å². The predicted molar refractivity (Wildman–Crippen MR) is 81.2 cm³/mol. The van der Waals surface area contributed by atoms with Crippen molar-refractivity contribution >= 4 is 5.91 Å². The van der Waals surface area contributed by atoms with Gasteiger partial charge in [0.25, 0.3) is 5.91 Å². The molecule has 1 unspecified atom stereocenters. The summed E-state index contributed by atoms with van der Waals surface area (Å²) in [4.78, 5) is 14.3. The van der Waals surface area contributed by atoms with Gasteiger partial charge in [0, 0.05) is 18.2 Å². The summed E-state index contributed by atoms with van der Waals surface area (Å²) in [6, 6.07) is 4.69. The first-order chi connectivity index (χ1) is 10.0. The highest BCUT2D eigenvalue weighted by Gasteiger charge is 2.32. The Morgan fingerprint density at radius 1 is 1.52 bits per heavy atom. The van der Waals surface area contributed by atoms with E-state index in [1.165, 1.54) is 12.1 Å². The molecule has 0 bridgehead atoms. The third kappa shape index (κ3) is 3.43. The molecule has 1 aromatic carbocycles. The number of benzene rings is 1. The van der Waals surface area contributed by atoms with Gasteiger partial charge in [0.15, 0.2) is 0 Å². The van der Waals surface area contributed by atoms with Gasteiger partial charge in [-0.05, 0) is 37.0 Å². The lowest BCUT2D eigenvalue weighted by Gasteiger charge is -2.27. The fraction of sp³-hybridized carbons (Fsp3) is 0.471. The summed E-state index contributed by atoms with van der Waals surface area (Å²) in [6.07, 6.45) is 1.97. The molecule has 1 heterocycles. The lowest BCUT2D eigenvalue weighted by Crippen LogP contribution is -2.38. The minimum Gasteiger partial charge on any atom is -0.335 e. The third-order valence-electron chi connectivity index (χ3n) is 3.86. The van der Waals surface area contributed by atoms with Gasteiger partial charge in [-0.25, -0.2) is 4.39 Å². The van der Waals surface area contributed by atoms with Gasteiger partial charge in [0.2, 0.25) is 0 Å². The molecule has 1 fully saturated rings. The van der Waals surface area contributed by atoms with E-state index in [9.17, 15) is 9.18 Å². The van der Waals surface area contributed by atoms with Crippen LogP contribution < -0.4 is 5.73 Å². The van der Waals surface area contributed by atoms with E-state index < -0.39 is 5.82 Å². The monoisotopic (exact) mass is 288 g/mol. The van der Waals surface area contributed by atoms with Crippen LogP contribution in [0.15, 0.2) is 18.2 Å². The highest BCUT2D eigenvalue weighted by Crippen LogP contribution is 2.26.